The highest BCUT2D eigenvalue weighted by atomic mass is 15.0. The summed E-state index contributed by atoms with van der Waals surface area (Å²) in [6.07, 6.45) is 10.7. The Labute approximate surface area is 102 Å². The Kier molecular flexibility index (Phi) is 3.88. The van der Waals surface area contributed by atoms with Gasteiger partial charge < -0.3 is 4.98 Å². The Morgan fingerprint density at radius 1 is 1.47 bits per heavy atom. The lowest BCUT2D eigenvalue weighted by Crippen LogP contribution is -2.23. The van der Waals surface area contributed by atoms with E-state index in [1.165, 1.54) is 5.57 Å². The summed E-state index contributed by atoms with van der Waals surface area (Å²) >= 11 is 0. The lowest BCUT2D eigenvalue weighted by atomic mass is 10.0. The number of hydrogen-bond acceptors (Lipinski definition) is 3. The normalized spacial score (nSPS) is 17.8. The summed E-state index contributed by atoms with van der Waals surface area (Å²) in [7, 11) is 0. The van der Waals surface area contributed by atoms with Crippen molar-refractivity contribution in [2.24, 2.45) is 4.99 Å². The molecule has 0 saturated heterocycles. The van der Waals surface area contributed by atoms with Crippen molar-refractivity contribution in [1.29, 1.82) is 0 Å². The molecular formula is C13H18N4. The number of allylic oxidation sites excluding steroid dienone is 4. The predicted molar refractivity (Wildman–Crippen MR) is 70.9 cm³/mol. The van der Waals surface area contributed by atoms with Gasteiger partial charge in [0.1, 0.15) is 0 Å². The van der Waals surface area contributed by atoms with E-state index >= 15 is 0 Å². The zero-order chi connectivity index (χ0) is 12.1. The zero-order valence-corrected chi connectivity index (χ0v) is 10.3. The minimum absolute atomic E-state index is 0.475. The molecule has 0 spiro atoms. The highest BCUT2D eigenvalue weighted by Gasteiger charge is 2.05. The van der Waals surface area contributed by atoms with Gasteiger partial charge in [-0.15, -0.1) is 0 Å². The van der Waals surface area contributed by atoms with Gasteiger partial charge in [0.2, 0.25) is 0 Å². The number of nitrogens with zero attached hydrogens (tertiary/aromatic N) is 2. The van der Waals surface area contributed by atoms with Crippen molar-refractivity contribution in [3.63, 3.8) is 0 Å². The number of aromatic nitrogens is 2. The van der Waals surface area contributed by atoms with Gasteiger partial charge in [0, 0.05) is 18.2 Å². The predicted octanol–water partition coefficient (Wildman–Crippen LogP) is 2.15. The average Bonchev–Trinajstić information content (AvgIpc) is 2.83. The zero-order valence-electron chi connectivity index (χ0n) is 10.3. The maximum atomic E-state index is 4.49. The fourth-order valence-electron chi connectivity index (χ4n) is 1.60. The summed E-state index contributed by atoms with van der Waals surface area (Å²) in [5, 5.41) is 3.27. The van der Waals surface area contributed by atoms with E-state index in [-0.39, 0.29) is 0 Å². The summed E-state index contributed by atoms with van der Waals surface area (Å²) in [6.45, 7) is 4.92. The molecule has 0 atom stereocenters. The first-order valence-electron chi connectivity index (χ1n) is 5.89. The van der Waals surface area contributed by atoms with Crippen molar-refractivity contribution in [1.82, 2.24) is 15.3 Å². The summed E-state index contributed by atoms with van der Waals surface area (Å²) in [4.78, 5) is 11.6. The van der Waals surface area contributed by atoms with Gasteiger partial charge in [-0.05, 0) is 25.5 Å². The molecule has 0 aliphatic heterocycles. The van der Waals surface area contributed by atoms with E-state index < -0.39 is 0 Å². The number of H-pyrrole nitrogens is 1. The van der Waals surface area contributed by atoms with E-state index in [1.54, 1.807) is 6.33 Å². The van der Waals surface area contributed by atoms with Crippen molar-refractivity contribution in [2.45, 2.75) is 26.3 Å². The molecule has 4 heteroatoms. The molecule has 0 saturated carbocycles. The molecule has 0 amide bonds. The van der Waals surface area contributed by atoms with Crippen LogP contribution in [0, 0.1) is 0 Å². The molecule has 90 valence electrons. The minimum atomic E-state index is 0.475. The molecule has 1 aliphatic rings. The molecule has 0 radical (unpaired) electrons. The number of rotatable bonds is 4. The lowest BCUT2D eigenvalue weighted by molar-refractivity contribution is 0.603. The summed E-state index contributed by atoms with van der Waals surface area (Å²) in [5.41, 5.74) is 3.35. The maximum Gasteiger partial charge on any atom is 0.0924 e. The van der Waals surface area contributed by atoms with Crippen molar-refractivity contribution >= 4 is 11.3 Å². The van der Waals surface area contributed by atoms with Crippen LogP contribution in [0.2, 0.25) is 0 Å². The SMILES string of the molecule is CC(C)NCN=C1C=CC(c2cnc[nH]2)=CC1. The molecule has 2 rings (SSSR count). The van der Waals surface area contributed by atoms with E-state index in [0.29, 0.717) is 12.7 Å². The molecule has 1 aromatic heterocycles. The third kappa shape index (κ3) is 3.39. The van der Waals surface area contributed by atoms with Crippen molar-refractivity contribution in [3.8, 4) is 0 Å². The Balaban J connectivity index is 1.92. The number of hydrogen-bond donors (Lipinski definition) is 2. The first kappa shape index (κ1) is 11.8. The van der Waals surface area contributed by atoms with Gasteiger partial charge >= 0.3 is 0 Å². The largest absolute Gasteiger partial charge is 0.345 e. The third-order valence-corrected chi connectivity index (χ3v) is 2.58. The topological polar surface area (TPSA) is 53.1 Å². The van der Waals surface area contributed by atoms with Crippen LogP contribution in [0.1, 0.15) is 26.0 Å². The van der Waals surface area contributed by atoms with Crippen molar-refractivity contribution in [3.05, 3.63) is 36.4 Å². The smallest absolute Gasteiger partial charge is 0.0924 e. The molecule has 1 heterocycles. The maximum absolute atomic E-state index is 4.49. The summed E-state index contributed by atoms with van der Waals surface area (Å²) < 4.78 is 0. The summed E-state index contributed by atoms with van der Waals surface area (Å²) in [6, 6.07) is 0.475. The molecule has 4 nitrogen and oxygen atoms in total. The van der Waals surface area contributed by atoms with Gasteiger partial charge in [0.15, 0.2) is 0 Å². The fourth-order valence-corrected chi connectivity index (χ4v) is 1.60. The molecule has 0 bridgehead atoms. The molecule has 2 N–H and O–H groups in total. The van der Waals surface area contributed by atoms with Crippen LogP contribution in [0.4, 0.5) is 0 Å². The van der Waals surface area contributed by atoms with Crippen molar-refractivity contribution in [2.75, 3.05) is 6.67 Å². The van der Waals surface area contributed by atoms with Gasteiger partial charge in [-0.25, -0.2) is 4.98 Å². The van der Waals surface area contributed by atoms with E-state index in [2.05, 4.69) is 52.4 Å². The molecule has 17 heavy (non-hydrogen) atoms. The van der Waals surface area contributed by atoms with Gasteiger partial charge in [0.05, 0.1) is 24.9 Å². The molecule has 0 fully saturated rings. The van der Waals surface area contributed by atoms with E-state index in [1.807, 2.05) is 6.20 Å². The van der Waals surface area contributed by atoms with E-state index in [0.717, 1.165) is 17.8 Å². The van der Waals surface area contributed by atoms with Gasteiger partial charge in [-0.3, -0.25) is 10.3 Å². The first-order valence-corrected chi connectivity index (χ1v) is 5.89. The summed E-state index contributed by atoms with van der Waals surface area (Å²) in [5.74, 6) is 0. The van der Waals surface area contributed by atoms with E-state index in [9.17, 15) is 0 Å². The third-order valence-electron chi connectivity index (χ3n) is 2.58. The second-order valence-corrected chi connectivity index (χ2v) is 4.33. The Bertz CT molecular complexity index is 438. The lowest BCUT2D eigenvalue weighted by Gasteiger charge is -2.09. The number of aromatic amines is 1. The van der Waals surface area contributed by atoms with Crippen LogP contribution in [0.3, 0.4) is 0 Å². The van der Waals surface area contributed by atoms with Gasteiger partial charge in [0.25, 0.3) is 0 Å². The average molecular weight is 230 g/mol. The molecule has 1 aliphatic carbocycles. The van der Waals surface area contributed by atoms with Crippen LogP contribution >= 0.6 is 0 Å². The first-order chi connectivity index (χ1) is 8.25. The molecule has 1 aromatic rings. The Morgan fingerprint density at radius 3 is 2.94 bits per heavy atom. The number of nitrogens with one attached hydrogen (secondary N) is 2. The van der Waals surface area contributed by atoms with Crippen LogP contribution in [0.5, 0.6) is 0 Å². The van der Waals surface area contributed by atoms with Gasteiger partial charge in [-0.2, -0.15) is 0 Å². The van der Waals surface area contributed by atoms with Crippen LogP contribution in [0.25, 0.3) is 5.57 Å². The second kappa shape index (κ2) is 5.59. The van der Waals surface area contributed by atoms with Crippen LogP contribution in [-0.2, 0) is 0 Å². The van der Waals surface area contributed by atoms with E-state index in [4.69, 9.17) is 0 Å². The van der Waals surface area contributed by atoms with Crippen LogP contribution < -0.4 is 5.32 Å². The standard InChI is InChI=1S/C13H18N4/c1-10(2)15-9-16-12-5-3-11(4-6-12)13-7-14-8-17-13/h3-5,7-8,10,15H,6,9H2,1-2H3,(H,14,17). The molecule has 0 aromatic carbocycles. The van der Waals surface area contributed by atoms with Crippen LogP contribution in [0.15, 0.2) is 35.7 Å². The monoisotopic (exact) mass is 230 g/mol. The number of imidazole rings is 1. The highest BCUT2D eigenvalue weighted by Crippen LogP contribution is 2.17. The van der Waals surface area contributed by atoms with Crippen molar-refractivity contribution < 1.29 is 0 Å². The minimum Gasteiger partial charge on any atom is -0.345 e. The second-order valence-electron chi connectivity index (χ2n) is 4.33. The fraction of sp³-hybridized carbons (Fsp3) is 0.385. The highest BCUT2D eigenvalue weighted by molar-refractivity contribution is 6.01. The number of aliphatic imine (C=N–C) groups is 1. The Morgan fingerprint density at radius 2 is 2.35 bits per heavy atom. The Hall–Kier alpha value is -1.68. The van der Waals surface area contributed by atoms with Gasteiger partial charge in [-0.1, -0.05) is 12.2 Å². The molecular weight excluding hydrogens is 212 g/mol. The van der Waals surface area contributed by atoms with Crippen LogP contribution in [-0.4, -0.2) is 28.4 Å². The molecule has 0 unspecified atom stereocenters. The quantitative estimate of drug-likeness (QED) is 0.832.